The van der Waals surface area contributed by atoms with Gasteiger partial charge in [0.15, 0.2) is 0 Å². The fourth-order valence-electron chi connectivity index (χ4n) is 2.63. The summed E-state index contributed by atoms with van der Waals surface area (Å²) < 4.78 is 6.87. The average molecular weight is 281 g/mol. The minimum atomic E-state index is 0.820. The summed E-state index contributed by atoms with van der Waals surface area (Å²) >= 11 is 1.78. The molecule has 0 saturated heterocycles. The molecule has 3 aromatic rings. The molecule has 3 heteroatoms. The van der Waals surface area contributed by atoms with Crippen molar-refractivity contribution >= 4 is 27.1 Å². The van der Waals surface area contributed by atoms with Crippen LogP contribution in [-0.4, -0.2) is 6.61 Å². The number of anilines is 1. The number of ether oxygens (including phenoxy) is 1. The van der Waals surface area contributed by atoms with E-state index in [1.54, 1.807) is 11.3 Å². The highest BCUT2D eigenvalue weighted by Crippen LogP contribution is 2.27. The van der Waals surface area contributed by atoms with E-state index in [4.69, 9.17) is 4.74 Å². The average Bonchev–Trinajstić information content (AvgIpc) is 3.12. The van der Waals surface area contributed by atoms with Crippen molar-refractivity contribution in [2.24, 2.45) is 0 Å². The zero-order valence-electron chi connectivity index (χ0n) is 11.1. The Bertz CT molecular complexity index is 763. The minimum Gasteiger partial charge on any atom is -0.493 e. The summed E-state index contributed by atoms with van der Waals surface area (Å²) in [5.74, 6) is 1.05. The van der Waals surface area contributed by atoms with E-state index in [0.29, 0.717) is 0 Å². The Kier molecular flexibility index (Phi) is 2.85. The lowest BCUT2D eigenvalue weighted by Gasteiger charge is -2.08. The fraction of sp³-hybridized carbons (Fsp3) is 0.176. The number of hydrogen-bond donors (Lipinski definition) is 1. The van der Waals surface area contributed by atoms with Crippen molar-refractivity contribution in [1.82, 2.24) is 0 Å². The number of fused-ring (bicyclic) bond motifs is 2. The van der Waals surface area contributed by atoms with E-state index < -0.39 is 0 Å². The fourth-order valence-corrected chi connectivity index (χ4v) is 3.40. The highest BCUT2D eigenvalue weighted by Gasteiger charge is 2.11. The Morgan fingerprint density at radius 2 is 2.10 bits per heavy atom. The molecule has 1 aliphatic rings. The van der Waals surface area contributed by atoms with E-state index in [1.165, 1.54) is 26.9 Å². The van der Waals surface area contributed by atoms with E-state index in [9.17, 15) is 0 Å². The van der Waals surface area contributed by atoms with Gasteiger partial charge in [-0.25, -0.2) is 0 Å². The highest BCUT2D eigenvalue weighted by molar-refractivity contribution is 7.17. The van der Waals surface area contributed by atoms with Crippen molar-refractivity contribution in [3.8, 4) is 5.75 Å². The molecule has 1 N–H and O–H groups in total. The van der Waals surface area contributed by atoms with Crippen LogP contribution in [0.1, 0.15) is 11.1 Å². The van der Waals surface area contributed by atoms with Gasteiger partial charge in [0.25, 0.3) is 0 Å². The van der Waals surface area contributed by atoms with E-state index in [0.717, 1.165) is 25.3 Å². The van der Waals surface area contributed by atoms with Gasteiger partial charge >= 0.3 is 0 Å². The molecule has 1 aromatic heterocycles. The lowest BCUT2D eigenvalue weighted by atomic mass is 10.1. The van der Waals surface area contributed by atoms with E-state index >= 15 is 0 Å². The number of thiophene rings is 1. The molecule has 0 aliphatic carbocycles. The molecule has 0 saturated carbocycles. The number of benzene rings is 2. The highest BCUT2D eigenvalue weighted by atomic mass is 32.1. The SMILES string of the molecule is c1cc2cc(NCc3ccc4c(c3)CCO4)ccc2s1. The van der Waals surface area contributed by atoms with Crippen molar-refractivity contribution in [3.63, 3.8) is 0 Å². The molecule has 0 spiro atoms. The third-order valence-electron chi connectivity index (χ3n) is 3.70. The van der Waals surface area contributed by atoms with Gasteiger partial charge in [0.1, 0.15) is 5.75 Å². The molecule has 2 nitrogen and oxygen atoms in total. The molecule has 20 heavy (non-hydrogen) atoms. The van der Waals surface area contributed by atoms with Crippen molar-refractivity contribution in [3.05, 3.63) is 59.0 Å². The van der Waals surface area contributed by atoms with Gasteiger partial charge in [-0.15, -0.1) is 11.3 Å². The van der Waals surface area contributed by atoms with Gasteiger partial charge < -0.3 is 10.1 Å². The van der Waals surface area contributed by atoms with Crippen LogP contribution < -0.4 is 10.1 Å². The molecule has 1 aliphatic heterocycles. The van der Waals surface area contributed by atoms with Gasteiger partial charge in [-0.05, 0) is 52.2 Å². The van der Waals surface area contributed by atoms with Crippen LogP contribution in [0.5, 0.6) is 5.75 Å². The second-order valence-corrected chi connectivity index (χ2v) is 6.01. The van der Waals surface area contributed by atoms with Gasteiger partial charge in [-0.1, -0.05) is 12.1 Å². The molecular formula is C17H15NOS. The van der Waals surface area contributed by atoms with Gasteiger partial charge in [0.2, 0.25) is 0 Å². The van der Waals surface area contributed by atoms with Crippen molar-refractivity contribution in [2.75, 3.05) is 11.9 Å². The summed E-state index contributed by atoms with van der Waals surface area (Å²) in [5.41, 5.74) is 3.81. The zero-order valence-corrected chi connectivity index (χ0v) is 11.9. The molecule has 0 fully saturated rings. The first-order chi connectivity index (χ1) is 9.88. The molecule has 0 bridgehead atoms. The molecule has 100 valence electrons. The standard InChI is InChI=1S/C17H15NOS/c1-3-16-13(5-7-19-16)9-12(1)11-18-15-2-4-17-14(10-15)6-8-20-17/h1-4,6,8-10,18H,5,7,11H2. The van der Waals surface area contributed by atoms with Crippen LogP contribution in [0.4, 0.5) is 5.69 Å². The van der Waals surface area contributed by atoms with Crippen molar-refractivity contribution in [2.45, 2.75) is 13.0 Å². The number of nitrogens with one attached hydrogen (secondary N) is 1. The van der Waals surface area contributed by atoms with Crippen molar-refractivity contribution < 1.29 is 4.74 Å². The first kappa shape index (κ1) is 11.8. The first-order valence-corrected chi connectivity index (χ1v) is 7.72. The van der Waals surface area contributed by atoms with Crippen LogP contribution in [0.15, 0.2) is 47.8 Å². The second-order valence-electron chi connectivity index (χ2n) is 5.07. The van der Waals surface area contributed by atoms with Crippen LogP contribution in [0, 0.1) is 0 Å². The summed E-state index contributed by atoms with van der Waals surface area (Å²) in [5, 5.41) is 6.94. The lowest BCUT2D eigenvalue weighted by molar-refractivity contribution is 0.357. The topological polar surface area (TPSA) is 21.3 Å². The smallest absolute Gasteiger partial charge is 0.122 e. The Balaban J connectivity index is 1.52. The quantitative estimate of drug-likeness (QED) is 0.766. The predicted octanol–water partition coefficient (Wildman–Crippen LogP) is 4.45. The van der Waals surface area contributed by atoms with Crippen LogP contribution in [0.2, 0.25) is 0 Å². The second kappa shape index (κ2) is 4.84. The molecule has 0 amide bonds. The van der Waals surface area contributed by atoms with Crippen LogP contribution in [0.25, 0.3) is 10.1 Å². The van der Waals surface area contributed by atoms with E-state index in [-0.39, 0.29) is 0 Å². The summed E-state index contributed by atoms with van der Waals surface area (Å²) in [6.45, 7) is 1.67. The Labute approximate surface area is 122 Å². The normalized spacial score (nSPS) is 13.2. The largest absolute Gasteiger partial charge is 0.493 e. The maximum absolute atomic E-state index is 5.54. The molecule has 4 rings (SSSR count). The number of hydrogen-bond acceptors (Lipinski definition) is 3. The number of rotatable bonds is 3. The van der Waals surface area contributed by atoms with E-state index in [2.05, 4.69) is 53.2 Å². The molecule has 0 unspecified atom stereocenters. The van der Waals surface area contributed by atoms with Gasteiger partial charge in [0.05, 0.1) is 6.61 Å². The Morgan fingerprint density at radius 1 is 1.10 bits per heavy atom. The summed E-state index contributed by atoms with van der Waals surface area (Å²) in [7, 11) is 0. The predicted molar refractivity (Wildman–Crippen MR) is 84.8 cm³/mol. The van der Waals surface area contributed by atoms with Crippen LogP contribution in [-0.2, 0) is 13.0 Å². The molecular weight excluding hydrogens is 266 g/mol. The minimum absolute atomic E-state index is 0.820. The Morgan fingerprint density at radius 3 is 3.10 bits per heavy atom. The van der Waals surface area contributed by atoms with Crippen LogP contribution >= 0.6 is 11.3 Å². The lowest BCUT2D eigenvalue weighted by Crippen LogP contribution is -1.99. The summed E-state index contributed by atoms with van der Waals surface area (Å²) in [6, 6.07) is 15.2. The monoisotopic (exact) mass is 281 g/mol. The van der Waals surface area contributed by atoms with Gasteiger partial charge in [-0.2, -0.15) is 0 Å². The van der Waals surface area contributed by atoms with Crippen LogP contribution in [0.3, 0.4) is 0 Å². The van der Waals surface area contributed by atoms with Gasteiger partial charge in [-0.3, -0.25) is 0 Å². The molecule has 0 radical (unpaired) electrons. The Hall–Kier alpha value is -2.00. The third-order valence-corrected chi connectivity index (χ3v) is 4.60. The summed E-state index contributed by atoms with van der Waals surface area (Å²) in [4.78, 5) is 0. The maximum atomic E-state index is 5.54. The van der Waals surface area contributed by atoms with E-state index in [1.807, 2.05) is 0 Å². The maximum Gasteiger partial charge on any atom is 0.122 e. The third kappa shape index (κ3) is 2.14. The summed E-state index contributed by atoms with van der Waals surface area (Å²) in [6.07, 6.45) is 1.03. The molecule has 0 atom stereocenters. The molecule has 2 heterocycles. The van der Waals surface area contributed by atoms with Crippen molar-refractivity contribution in [1.29, 1.82) is 0 Å². The van der Waals surface area contributed by atoms with Gasteiger partial charge in [0, 0.05) is 23.4 Å². The molecule has 2 aromatic carbocycles. The first-order valence-electron chi connectivity index (χ1n) is 6.84. The zero-order chi connectivity index (χ0) is 13.4.